The predicted molar refractivity (Wildman–Crippen MR) is 77.9 cm³/mol. The Bertz CT molecular complexity index is 695. The summed E-state index contributed by atoms with van der Waals surface area (Å²) in [5, 5.41) is 4.94. The summed E-state index contributed by atoms with van der Waals surface area (Å²) >= 11 is 0. The summed E-state index contributed by atoms with van der Waals surface area (Å²) < 4.78 is 41.5. The molecule has 2 amide bonds. The van der Waals surface area contributed by atoms with E-state index in [4.69, 9.17) is 0 Å². The van der Waals surface area contributed by atoms with Gasteiger partial charge in [0.2, 0.25) is 0 Å². The first-order chi connectivity index (χ1) is 10.9. The topological polar surface area (TPSA) is 63.2 Å². The molecule has 122 valence electrons. The monoisotopic (exact) mass is 325 g/mol. The quantitative estimate of drug-likeness (QED) is 0.885. The van der Waals surface area contributed by atoms with Crippen LogP contribution in [-0.4, -0.2) is 17.6 Å². The van der Waals surface area contributed by atoms with E-state index in [2.05, 4.69) is 20.4 Å². The van der Waals surface area contributed by atoms with Crippen LogP contribution in [0.1, 0.15) is 11.4 Å². The Balaban J connectivity index is 1.91. The van der Waals surface area contributed by atoms with Crippen LogP contribution in [0.3, 0.4) is 0 Å². The molecule has 8 heteroatoms. The van der Waals surface area contributed by atoms with Crippen molar-refractivity contribution < 1.29 is 22.7 Å². The second-order valence-electron chi connectivity index (χ2n) is 4.60. The minimum atomic E-state index is -3.12. The molecule has 0 bridgehead atoms. The van der Waals surface area contributed by atoms with Gasteiger partial charge >= 0.3 is 12.6 Å². The molecular formula is C15H14F3N3O2. The number of anilines is 1. The van der Waals surface area contributed by atoms with Crippen LogP contribution < -0.4 is 15.4 Å². The van der Waals surface area contributed by atoms with Gasteiger partial charge in [0.05, 0.1) is 12.2 Å². The van der Waals surface area contributed by atoms with Gasteiger partial charge in [-0.05, 0) is 31.2 Å². The molecule has 0 radical (unpaired) electrons. The lowest BCUT2D eigenvalue weighted by atomic mass is 10.3. The van der Waals surface area contributed by atoms with Gasteiger partial charge < -0.3 is 15.4 Å². The van der Waals surface area contributed by atoms with Crippen LogP contribution in [0.4, 0.5) is 23.7 Å². The number of pyridine rings is 1. The number of alkyl halides is 2. The molecule has 1 heterocycles. The van der Waals surface area contributed by atoms with Crippen molar-refractivity contribution in [2.24, 2.45) is 0 Å². The zero-order valence-electron chi connectivity index (χ0n) is 12.1. The van der Waals surface area contributed by atoms with Gasteiger partial charge in [0.15, 0.2) is 11.6 Å². The Morgan fingerprint density at radius 2 is 2.09 bits per heavy atom. The number of halogens is 3. The average molecular weight is 325 g/mol. The maximum Gasteiger partial charge on any atom is 0.387 e. The van der Waals surface area contributed by atoms with E-state index in [1.54, 1.807) is 6.07 Å². The number of ether oxygens (including phenoxy) is 1. The van der Waals surface area contributed by atoms with E-state index in [0.717, 1.165) is 17.8 Å². The third kappa shape index (κ3) is 5.17. The van der Waals surface area contributed by atoms with Crippen LogP contribution >= 0.6 is 0 Å². The summed E-state index contributed by atoms with van der Waals surface area (Å²) in [7, 11) is 0. The van der Waals surface area contributed by atoms with Crippen molar-refractivity contribution in [1.29, 1.82) is 0 Å². The fraction of sp³-hybridized carbons (Fsp3) is 0.200. The van der Waals surface area contributed by atoms with Crippen LogP contribution in [0.5, 0.6) is 5.75 Å². The lowest BCUT2D eigenvalue weighted by Gasteiger charge is -2.10. The number of nitrogens with one attached hydrogen (secondary N) is 2. The molecule has 0 spiro atoms. The molecule has 0 aliphatic heterocycles. The first kappa shape index (κ1) is 16.6. The van der Waals surface area contributed by atoms with Gasteiger partial charge in [0.1, 0.15) is 0 Å². The third-order valence-corrected chi connectivity index (χ3v) is 2.78. The molecule has 5 nitrogen and oxygen atoms in total. The molecule has 2 aromatic rings. The number of hydrogen-bond acceptors (Lipinski definition) is 3. The summed E-state index contributed by atoms with van der Waals surface area (Å²) in [6.07, 6.45) is 0. The normalized spacial score (nSPS) is 10.5. The molecular weight excluding hydrogens is 311 g/mol. The predicted octanol–water partition coefficient (Wildman–Crippen LogP) is 3.45. The number of urea groups is 1. The van der Waals surface area contributed by atoms with Gasteiger partial charge in [0.25, 0.3) is 0 Å². The van der Waals surface area contributed by atoms with Crippen molar-refractivity contribution in [2.45, 2.75) is 20.1 Å². The van der Waals surface area contributed by atoms with E-state index < -0.39 is 24.2 Å². The van der Waals surface area contributed by atoms with E-state index >= 15 is 0 Å². The third-order valence-electron chi connectivity index (χ3n) is 2.78. The Kier molecular flexibility index (Phi) is 5.40. The number of benzene rings is 1. The van der Waals surface area contributed by atoms with E-state index in [0.29, 0.717) is 5.69 Å². The summed E-state index contributed by atoms with van der Waals surface area (Å²) in [6, 6.07) is 7.98. The van der Waals surface area contributed by atoms with Crippen LogP contribution in [0.15, 0.2) is 36.4 Å². The first-order valence-electron chi connectivity index (χ1n) is 6.66. The maximum absolute atomic E-state index is 13.5. The SMILES string of the molecule is Cc1cccc(CNC(=O)Nc2ccc(OC(F)F)c(F)c2)n1. The molecule has 0 unspecified atom stereocenters. The fourth-order valence-electron chi connectivity index (χ4n) is 1.81. The summed E-state index contributed by atoms with van der Waals surface area (Å²) in [5.41, 5.74) is 1.60. The van der Waals surface area contributed by atoms with Crippen molar-refractivity contribution in [3.05, 3.63) is 53.6 Å². The molecule has 0 aliphatic carbocycles. The van der Waals surface area contributed by atoms with Gasteiger partial charge in [-0.15, -0.1) is 0 Å². The van der Waals surface area contributed by atoms with Crippen molar-refractivity contribution >= 4 is 11.7 Å². The molecule has 2 rings (SSSR count). The summed E-state index contributed by atoms with van der Waals surface area (Å²) in [5.74, 6) is -1.58. The van der Waals surface area contributed by atoms with Crippen LogP contribution in [0, 0.1) is 12.7 Å². The molecule has 1 aromatic heterocycles. The first-order valence-corrected chi connectivity index (χ1v) is 6.66. The number of nitrogens with zero attached hydrogens (tertiary/aromatic N) is 1. The smallest absolute Gasteiger partial charge is 0.387 e. The lowest BCUT2D eigenvalue weighted by molar-refractivity contribution is -0.0521. The van der Waals surface area contributed by atoms with E-state index in [1.807, 2.05) is 19.1 Å². The second-order valence-corrected chi connectivity index (χ2v) is 4.60. The number of carbonyl (C=O) groups excluding carboxylic acids is 1. The number of rotatable bonds is 5. The fourth-order valence-corrected chi connectivity index (χ4v) is 1.81. The number of carbonyl (C=O) groups is 1. The zero-order chi connectivity index (χ0) is 16.8. The average Bonchev–Trinajstić information content (AvgIpc) is 2.48. The van der Waals surface area contributed by atoms with Crippen molar-refractivity contribution in [3.63, 3.8) is 0 Å². The van der Waals surface area contributed by atoms with Crippen molar-refractivity contribution in [3.8, 4) is 5.75 Å². The molecule has 0 saturated carbocycles. The van der Waals surface area contributed by atoms with Gasteiger partial charge in [-0.25, -0.2) is 9.18 Å². The molecule has 0 aliphatic rings. The minimum absolute atomic E-state index is 0.110. The second kappa shape index (κ2) is 7.48. The standard InChI is InChI=1S/C15H14F3N3O2/c1-9-3-2-4-11(20-9)8-19-15(22)21-10-5-6-13(12(16)7-10)23-14(17)18/h2-7,14H,8H2,1H3,(H2,19,21,22). The summed E-state index contributed by atoms with van der Waals surface area (Å²) in [6.45, 7) is -1.09. The Morgan fingerprint density at radius 1 is 1.30 bits per heavy atom. The highest BCUT2D eigenvalue weighted by atomic mass is 19.3. The minimum Gasteiger partial charge on any atom is -0.432 e. The zero-order valence-corrected chi connectivity index (χ0v) is 12.1. The van der Waals surface area contributed by atoms with Gasteiger partial charge in [0, 0.05) is 17.4 Å². The van der Waals surface area contributed by atoms with Crippen LogP contribution in [-0.2, 0) is 6.54 Å². The molecule has 2 N–H and O–H groups in total. The Hall–Kier alpha value is -2.77. The van der Waals surface area contributed by atoms with Crippen molar-refractivity contribution in [1.82, 2.24) is 10.3 Å². The highest BCUT2D eigenvalue weighted by molar-refractivity contribution is 5.89. The Morgan fingerprint density at radius 3 is 2.74 bits per heavy atom. The molecule has 0 atom stereocenters. The highest BCUT2D eigenvalue weighted by Gasteiger charge is 2.11. The van der Waals surface area contributed by atoms with Gasteiger partial charge in [-0.3, -0.25) is 4.98 Å². The molecule has 1 aromatic carbocycles. The highest BCUT2D eigenvalue weighted by Crippen LogP contribution is 2.22. The largest absolute Gasteiger partial charge is 0.432 e. The van der Waals surface area contributed by atoms with E-state index in [-0.39, 0.29) is 12.2 Å². The van der Waals surface area contributed by atoms with Gasteiger partial charge in [-0.2, -0.15) is 8.78 Å². The number of aryl methyl sites for hydroxylation is 1. The molecule has 23 heavy (non-hydrogen) atoms. The van der Waals surface area contributed by atoms with E-state index in [1.165, 1.54) is 6.07 Å². The summed E-state index contributed by atoms with van der Waals surface area (Å²) in [4.78, 5) is 15.9. The Labute approximate surface area is 130 Å². The number of aromatic nitrogens is 1. The maximum atomic E-state index is 13.5. The number of amides is 2. The lowest BCUT2D eigenvalue weighted by Crippen LogP contribution is -2.28. The number of hydrogen-bond donors (Lipinski definition) is 2. The molecule has 0 fully saturated rings. The van der Waals surface area contributed by atoms with Crippen LogP contribution in [0.25, 0.3) is 0 Å². The molecule has 0 saturated heterocycles. The van der Waals surface area contributed by atoms with Gasteiger partial charge in [-0.1, -0.05) is 6.07 Å². The van der Waals surface area contributed by atoms with Crippen LogP contribution in [0.2, 0.25) is 0 Å². The van der Waals surface area contributed by atoms with Crippen molar-refractivity contribution in [2.75, 3.05) is 5.32 Å². The van der Waals surface area contributed by atoms with E-state index in [9.17, 15) is 18.0 Å².